The molecular formula is C14H10. The minimum atomic E-state index is 0.929. The van der Waals surface area contributed by atoms with Gasteiger partial charge in [0.25, 0.3) is 0 Å². The lowest BCUT2D eigenvalue weighted by atomic mass is 10.00. The van der Waals surface area contributed by atoms with Crippen LogP contribution in [-0.2, 0) is 0 Å². The molecule has 0 aliphatic heterocycles. The standard InChI is InChI=1S/C14H10/c1-3-11-7-5-9-13-10-6-8-12(4-2)14(11)13/h1,4-10H,2H2. The van der Waals surface area contributed by atoms with Crippen LogP contribution in [0.5, 0.6) is 0 Å². The van der Waals surface area contributed by atoms with Crippen LogP contribution < -0.4 is 0 Å². The van der Waals surface area contributed by atoms with E-state index >= 15 is 0 Å². The second-order valence-electron chi connectivity index (χ2n) is 3.10. The molecule has 0 N–H and O–H groups in total. The van der Waals surface area contributed by atoms with Crippen LogP contribution in [0.25, 0.3) is 16.8 Å². The number of terminal acetylenes is 1. The van der Waals surface area contributed by atoms with Crippen molar-refractivity contribution in [3.63, 3.8) is 0 Å². The molecule has 0 saturated heterocycles. The summed E-state index contributed by atoms with van der Waals surface area (Å²) >= 11 is 0. The molecule has 0 heterocycles. The molecule has 0 atom stereocenters. The van der Waals surface area contributed by atoms with Crippen molar-refractivity contribution in [3.05, 3.63) is 54.1 Å². The van der Waals surface area contributed by atoms with Crippen molar-refractivity contribution in [2.45, 2.75) is 0 Å². The van der Waals surface area contributed by atoms with Gasteiger partial charge in [-0.05, 0) is 17.0 Å². The van der Waals surface area contributed by atoms with Gasteiger partial charge in [0, 0.05) is 10.9 Å². The van der Waals surface area contributed by atoms with Gasteiger partial charge in [-0.25, -0.2) is 0 Å². The van der Waals surface area contributed by atoms with Crippen molar-refractivity contribution >= 4 is 16.8 Å². The van der Waals surface area contributed by atoms with Crippen LogP contribution >= 0.6 is 0 Å². The van der Waals surface area contributed by atoms with E-state index in [9.17, 15) is 0 Å². The normalized spacial score (nSPS) is 9.64. The summed E-state index contributed by atoms with van der Waals surface area (Å²) in [5, 5.41) is 2.28. The summed E-state index contributed by atoms with van der Waals surface area (Å²) < 4.78 is 0. The summed E-state index contributed by atoms with van der Waals surface area (Å²) in [5.74, 6) is 2.70. The van der Waals surface area contributed by atoms with E-state index in [1.54, 1.807) is 0 Å². The monoisotopic (exact) mass is 178 g/mol. The van der Waals surface area contributed by atoms with Gasteiger partial charge in [0.15, 0.2) is 0 Å². The van der Waals surface area contributed by atoms with Gasteiger partial charge in [-0.3, -0.25) is 0 Å². The zero-order valence-electron chi connectivity index (χ0n) is 7.83. The largest absolute Gasteiger partial charge is 0.115 e. The van der Waals surface area contributed by atoms with E-state index in [1.165, 1.54) is 0 Å². The van der Waals surface area contributed by atoms with Crippen molar-refractivity contribution in [3.8, 4) is 12.3 Å². The molecule has 0 aromatic heterocycles. The molecule has 14 heavy (non-hydrogen) atoms. The Kier molecular flexibility index (Phi) is 2.08. The lowest BCUT2D eigenvalue weighted by Gasteiger charge is -2.04. The summed E-state index contributed by atoms with van der Waals surface area (Å²) in [7, 11) is 0. The Labute approximate surface area is 83.9 Å². The van der Waals surface area contributed by atoms with E-state index in [1.807, 2.05) is 30.3 Å². The van der Waals surface area contributed by atoms with Gasteiger partial charge in [-0.15, -0.1) is 6.42 Å². The summed E-state index contributed by atoms with van der Waals surface area (Å²) in [5.41, 5.74) is 2.02. The number of hydrogen-bond donors (Lipinski definition) is 0. The lowest BCUT2D eigenvalue weighted by molar-refractivity contribution is 1.68. The molecule has 0 nitrogen and oxygen atoms in total. The van der Waals surface area contributed by atoms with Gasteiger partial charge in [-0.2, -0.15) is 0 Å². The zero-order valence-corrected chi connectivity index (χ0v) is 7.83. The first-order valence-electron chi connectivity index (χ1n) is 4.47. The molecule has 0 unspecified atom stereocenters. The Balaban J connectivity index is 2.97. The average molecular weight is 178 g/mol. The van der Waals surface area contributed by atoms with Crippen molar-refractivity contribution < 1.29 is 0 Å². The Bertz CT molecular complexity index is 522. The zero-order chi connectivity index (χ0) is 9.97. The average Bonchev–Trinajstić information content (AvgIpc) is 2.27. The maximum Gasteiger partial charge on any atom is 0.0327 e. The minimum absolute atomic E-state index is 0.929. The van der Waals surface area contributed by atoms with Gasteiger partial charge in [-0.1, -0.05) is 48.9 Å². The van der Waals surface area contributed by atoms with Crippen molar-refractivity contribution in [2.75, 3.05) is 0 Å². The Morgan fingerprint density at radius 1 is 1.14 bits per heavy atom. The van der Waals surface area contributed by atoms with Crippen LogP contribution in [0.1, 0.15) is 11.1 Å². The Hall–Kier alpha value is -2.00. The Morgan fingerprint density at radius 2 is 1.86 bits per heavy atom. The topological polar surface area (TPSA) is 0 Å². The highest BCUT2D eigenvalue weighted by atomic mass is 14.0. The van der Waals surface area contributed by atoms with Crippen molar-refractivity contribution in [2.24, 2.45) is 0 Å². The van der Waals surface area contributed by atoms with Crippen LogP contribution in [0.2, 0.25) is 0 Å². The summed E-state index contributed by atoms with van der Waals surface area (Å²) in [6.45, 7) is 3.79. The third kappa shape index (κ3) is 1.20. The van der Waals surface area contributed by atoms with Crippen molar-refractivity contribution in [1.82, 2.24) is 0 Å². The maximum atomic E-state index is 5.46. The first-order valence-corrected chi connectivity index (χ1v) is 4.47. The molecular weight excluding hydrogens is 168 g/mol. The SMILES string of the molecule is C#Cc1cccc2cccc(C=C)c12. The van der Waals surface area contributed by atoms with Crippen LogP contribution in [0, 0.1) is 12.3 Å². The third-order valence-corrected chi connectivity index (χ3v) is 2.31. The number of fused-ring (bicyclic) bond motifs is 1. The van der Waals surface area contributed by atoms with E-state index < -0.39 is 0 Å². The first-order chi connectivity index (χ1) is 6.86. The predicted octanol–water partition coefficient (Wildman–Crippen LogP) is 3.46. The van der Waals surface area contributed by atoms with E-state index in [-0.39, 0.29) is 0 Å². The quantitative estimate of drug-likeness (QED) is 0.586. The van der Waals surface area contributed by atoms with Crippen LogP contribution in [0.3, 0.4) is 0 Å². The molecule has 66 valence electrons. The fraction of sp³-hybridized carbons (Fsp3) is 0. The van der Waals surface area contributed by atoms with Crippen LogP contribution in [-0.4, -0.2) is 0 Å². The molecule has 2 rings (SSSR count). The minimum Gasteiger partial charge on any atom is -0.115 e. The second-order valence-corrected chi connectivity index (χ2v) is 3.10. The lowest BCUT2D eigenvalue weighted by Crippen LogP contribution is -1.82. The molecule has 2 aromatic carbocycles. The maximum absolute atomic E-state index is 5.46. The molecule has 0 aliphatic rings. The molecule has 0 saturated carbocycles. The molecule has 0 bridgehead atoms. The third-order valence-electron chi connectivity index (χ3n) is 2.31. The number of rotatable bonds is 1. The van der Waals surface area contributed by atoms with E-state index in [0.717, 1.165) is 21.9 Å². The highest BCUT2D eigenvalue weighted by Gasteiger charge is 2.01. The predicted molar refractivity (Wildman–Crippen MR) is 62.0 cm³/mol. The first kappa shape index (κ1) is 8.59. The molecule has 2 aromatic rings. The van der Waals surface area contributed by atoms with E-state index in [0.29, 0.717) is 0 Å². The number of hydrogen-bond acceptors (Lipinski definition) is 0. The van der Waals surface area contributed by atoms with Gasteiger partial charge in [0.05, 0.1) is 0 Å². The van der Waals surface area contributed by atoms with Gasteiger partial charge >= 0.3 is 0 Å². The fourth-order valence-electron chi connectivity index (χ4n) is 1.66. The summed E-state index contributed by atoms with van der Waals surface area (Å²) in [6, 6.07) is 12.1. The van der Waals surface area contributed by atoms with Gasteiger partial charge in [0.1, 0.15) is 0 Å². The molecule has 0 spiro atoms. The summed E-state index contributed by atoms with van der Waals surface area (Å²) in [6.07, 6.45) is 7.29. The van der Waals surface area contributed by atoms with Crippen molar-refractivity contribution in [1.29, 1.82) is 0 Å². The summed E-state index contributed by atoms with van der Waals surface area (Å²) in [4.78, 5) is 0. The highest BCUT2D eigenvalue weighted by molar-refractivity contribution is 5.94. The molecule has 0 aliphatic carbocycles. The highest BCUT2D eigenvalue weighted by Crippen LogP contribution is 2.23. The molecule has 0 radical (unpaired) electrons. The van der Waals surface area contributed by atoms with Crippen LogP contribution in [0.4, 0.5) is 0 Å². The van der Waals surface area contributed by atoms with E-state index in [2.05, 4.69) is 24.6 Å². The fourth-order valence-corrected chi connectivity index (χ4v) is 1.66. The Morgan fingerprint density at radius 3 is 2.50 bits per heavy atom. The smallest absolute Gasteiger partial charge is 0.0327 e. The molecule has 0 amide bonds. The molecule has 0 fully saturated rings. The molecule has 0 heteroatoms. The number of benzene rings is 2. The van der Waals surface area contributed by atoms with Crippen LogP contribution in [0.15, 0.2) is 43.0 Å². The van der Waals surface area contributed by atoms with Gasteiger partial charge in [0.2, 0.25) is 0 Å². The van der Waals surface area contributed by atoms with Gasteiger partial charge < -0.3 is 0 Å². The second kappa shape index (κ2) is 3.40. The van der Waals surface area contributed by atoms with E-state index in [4.69, 9.17) is 6.42 Å².